The minimum Gasteiger partial charge on any atom is -0.353 e. The molecule has 1 fully saturated rings. The van der Waals surface area contributed by atoms with Crippen molar-refractivity contribution >= 4 is 18.5 Å². The van der Waals surface area contributed by atoms with Crippen LogP contribution in [0.15, 0.2) is 0 Å². The Hall–Kier alpha value is -0.220. The highest BCUT2D eigenvalue weighted by molar-refractivity contribution is 7.80. The summed E-state index contributed by atoms with van der Waals surface area (Å²) in [6, 6.07) is 0.943. The van der Waals surface area contributed by atoms with E-state index in [4.69, 9.17) is 0 Å². The largest absolute Gasteiger partial charge is 0.353 e. The van der Waals surface area contributed by atoms with Crippen molar-refractivity contribution in [2.45, 2.75) is 38.3 Å². The molecule has 82 valence electrons. The summed E-state index contributed by atoms with van der Waals surface area (Å²) in [6.45, 7) is 3.28. The Labute approximate surface area is 91.6 Å². The molecule has 4 heteroatoms. The van der Waals surface area contributed by atoms with E-state index >= 15 is 0 Å². The number of piperidine rings is 1. The first kappa shape index (κ1) is 11.9. The molecule has 0 aromatic heterocycles. The average Bonchev–Trinajstić information content (AvgIpc) is 2.12. The molecule has 3 nitrogen and oxygen atoms in total. The van der Waals surface area contributed by atoms with Crippen LogP contribution in [0.1, 0.15) is 26.2 Å². The van der Waals surface area contributed by atoms with E-state index in [2.05, 4.69) is 36.8 Å². The summed E-state index contributed by atoms with van der Waals surface area (Å²) >= 11 is 4.04. The van der Waals surface area contributed by atoms with E-state index in [1.807, 2.05) is 0 Å². The van der Waals surface area contributed by atoms with Crippen molar-refractivity contribution in [3.63, 3.8) is 0 Å². The Kier molecular flexibility index (Phi) is 4.75. The lowest BCUT2D eigenvalue weighted by Gasteiger charge is -2.35. The molecular formula is C10H20N2OS. The molecule has 0 spiro atoms. The molecule has 0 saturated carbocycles. The number of likely N-dealkylation sites (tertiary alicyclic amines) is 1. The molecule has 1 aliphatic heterocycles. The Morgan fingerprint density at radius 1 is 1.64 bits per heavy atom. The fourth-order valence-corrected chi connectivity index (χ4v) is 2.02. The smallest absolute Gasteiger partial charge is 0.221 e. The molecule has 1 aliphatic rings. The third-order valence-corrected chi connectivity index (χ3v) is 3.14. The van der Waals surface area contributed by atoms with E-state index in [1.54, 1.807) is 0 Å². The molecule has 1 amide bonds. The molecule has 1 N–H and O–H groups in total. The number of rotatable bonds is 3. The van der Waals surface area contributed by atoms with Gasteiger partial charge in [0.05, 0.1) is 0 Å². The van der Waals surface area contributed by atoms with Crippen LogP contribution in [0.5, 0.6) is 0 Å². The van der Waals surface area contributed by atoms with Gasteiger partial charge in [0.15, 0.2) is 0 Å². The molecule has 14 heavy (non-hydrogen) atoms. The van der Waals surface area contributed by atoms with Crippen molar-refractivity contribution in [3.05, 3.63) is 0 Å². The summed E-state index contributed by atoms with van der Waals surface area (Å²) in [5.74, 6) is 0.773. The lowest BCUT2D eigenvalue weighted by molar-refractivity contribution is -0.121. The van der Waals surface area contributed by atoms with Gasteiger partial charge in [-0.25, -0.2) is 0 Å². The maximum Gasteiger partial charge on any atom is 0.221 e. The summed E-state index contributed by atoms with van der Waals surface area (Å²) in [6.07, 6.45) is 2.66. The van der Waals surface area contributed by atoms with Gasteiger partial charge in [-0.2, -0.15) is 12.6 Å². The van der Waals surface area contributed by atoms with Crippen LogP contribution in [-0.4, -0.2) is 42.2 Å². The van der Waals surface area contributed by atoms with Crippen molar-refractivity contribution in [2.75, 3.05) is 19.3 Å². The topological polar surface area (TPSA) is 32.3 Å². The SMILES string of the molecule is CC1CC(NC(=O)CCS)CCN1C. The van der Waals surface area contributed by atoms with Crippen LogP contribution in [-0.2, 0) is 4.79 Å². The van der Waals surface area contributed by atoms with Crippen LogP contribution >= 0.6 is 12.6 Å². The minimum absolute atomic E-state index is 0.141. The van der Waals surface area contributed by atoms with Gasteiger partial charge in [0, 0.05) is 25.0 Å². The van der Waals surface area contributed by atoms with Crippen LogP contribution in [0.25, 0.3) is 0 Å². The zero-order valence-corrected chi connectivity index (χ0v) is 9.89. The second-order valence-corrected chi connectivity index (χ2v) is 4.54. The van der Waals surface area contributed by atoms with Gasteiger partial charge in [0.25, 0.3) is 0 Å². The second-order valence-electron chi connectivity index (χ2n) is 4.09. The quantitative estimate of drug-likeness (QED) is 0.687. The van der Waals surface area contributed by atoms with Crippen molar-refractivity contribution in [1.82, 2.24) is 10.2 Å². The normalized spacial score (nSPS) is 28.8. The standard InChI is InChI=1S/C10H20N2OS/c1-8-7-9(3-5-12(8)2)11-10(13)4-6-14/h8-9,14H,3-7H2,1-2H3,(H,11,13). The monoisotopic (exact) mass is 216 g/mol. The first-order valence-corrected chi connectivity index (χ1v) is 5.87. The van der Waals surface area contributed by atoms with E-state index in [-0.39, 0.29) is 5.91 Å². The fraction of sp³-hybridized carbons (Fsp3) is 0.900. The van der Waals surface area contributed by atoms with Gasteiger partial charge in [-0.1, -0.05) is 0 Å². The van der Waals surface area contributed by atoms with Gasteiger partial charge in [0.2, 0.25) is 5.91 Å². The van der Waals surface area contributed by atoms with E-state index in [0.29, 0.717) is 24.3 Å². The number of carbonyl (C=O) groups excluding carboxylic acids is 1. The van der Waals surface area contributed by atoms with Crippen molar-refractivity contribution in [2.24, 2.45) is 0 Å². The number of thiol groups is 1. The Bertz CT molecular complexity index is 199. The molecule has 1 rings (SSSR count). The maximum atomic E-state index is 11.3. The third kappa shape index (κ3) is 3.50. The molecule has 0 radical (unpaired) electrons. The highest BCUT2D eigenvalue weighted by atomic mass is 32.1. The Morgan fingerprint density at radius 2 is 2.36 bits per heavy atom. The predicted octanol–water partition coefficient (Wildman–Crippen LogP) is 0.905. The van der Waals surface area contributed by atoms with Crippen molar-refractivity contribution in [1.29, 1.82) is 0 Å². The van der Waals surface area contributed by atoms with Gasteiger partial charge in [-0.15, -0.1) is 0 Å². The first-order valence-electron chi connectivity index (χ1n) is 5.24. The van der Waals surface area contributed by atoms with Gasteiger partial charge >= 0.3 is 0 Å². The van der Waals surface area contributed by atoms with Gasteiger partial charge in [-0.05, 0) is 32.6 Å². The van der Waals surface area contributed by atoms with Crippen LogP contribution in [0.2, 0.25) is 0 Å². The summed E-state index contributed by atoms with van der Waals surface area (Å²) < 4.78 is 0. The van der Waals surface area contributed by atoms with Crippen molar-refractivity contribution in [3.8, 4) is 0 Å². The van der Waals surface area contributed by atoms with Crippen LogP contribution in [0.3, 0.4) is 0 Å². The molecular weight excluding hydrogens is 196 g/mol. The fourth-order valence-electron chi connectivity index (χ4n) is 1.82. The van der Waals surface area contributed by atoms with Gasteiger partial charge in [-0.3, -0.25) is 4.79 Å². The minimum atomic E-state index is 0.141. The molecule has 1 heterocycles. The number of nitrogens with zero attached hydrogens (tertiary/aromatic N) is 1. The van der Waals surface area contributed by atoms with E-state index < -0.39 is 0 Å². The van der Waals surface area contributed by atoms with E-state index in [0.717, 1.165) is 19.4 Å². The summed E-state index contributed by atoms with van der Waals surface area (Å²) in [5.41, 5.74) is 0. The molecule has 2 atom stereocenters. The summed E-state index contributed by atoms with van der Waals surface area (Å²) in [4.78, 5) is 13.7. The lowest BCUT2D eigenvalue weighted by Crippen LogP contribution is -2.47. The highest BCUT2D eigenvalue weighted by Gasteiger charge is 2.23. The Morgan fingerprint density at radius 3 is 2.93 bits per heavy atom. The number of carbonyl (C=O) groups is 1. The number of amides is 1. The van der Waals surface area contributed by atoms with E-state index in [1.165, 1.54) is 0 Å². The Balaban J connectivity index is 2.29. The molecule has 0 aromatic rings. The average molecular weight is 216 g/mol. The van der Waals surface area contributed by atoms with Gasteiger partial charge in [0.1, 0.15) is 0 Å². The second kappa shape index (κ2) is 5.61. The van der Waals surface area contributed by atoms with Crippen LogP contribution in [0.4, 0.5) is 0 Å². The molecule has 0 aromatic carbocycles. The summed E-state index contributed by atoms with van der Waals surface area (Å²) in [5, 5.41) is 3.06. The maximum absolute atomic E-state index is 11.3. The third-order valence-electron chi connectivity index (χ3n) is 2.91. The number of nitrogens with one attached hydrogen (secondary N) is 1. The van der Waals surface area contributed by atoms with Crippen molar-refractivity contribution < 1.29 is 4.79 Å². The van der Waals surface area contributed by atoms with E-state index in [9.17, 15) is 4.79 Å². The molecule has 2 unspecified atom stereocenters. The first-order chi connectivity index (χ1) is 6.63. The zero-order valence-electron chi connectivity index (χ0n) is 8.99. The van der Waals surface area contributed by atoms with Crippen LogP contribution < -0.4 is 5.32 Å². The summed E-state index contributed by atoms with van der Waals surface area (Å²) in [7, 11) is 2.14. The van der Waals surface area contributed by atoms with Gasteiger partial charge < -0.3 is 10.2 Å². The lowest BCUT2D eigenvalue weighted by atomic mass is 9.99. The highest BCUT2D eigenvalue weighted by Crippen LogP contribution is 2.15. The molecule has 0 bridgehead atoms. The number of hydrogen-bond donors (Lipinski definition) is 2. The molecule has 1 saturated heterocycles. The molecule has 0 aliphatic carbocycles. The van der Waals surface area contributed by atoms with Crippen LogP contribution in [0, 0.1) is 0 Å². The predicted molar refractivity (Wildman–Crippen MR) is 61.7 cm³/mol. The number of hydrogen-bond acceptors (Lipinski definition) is 3. The zero-order chi connectivity index (χ0) is 10.6.